The molecular formula is C16H29NO3Si. The first-order valence-electron chi connectivity index (χ1n) is 7.66. The summed E-state index contributed by atoms with van der Waals surface area (Å²) in [5.74, 6) is 0. The Balaban J connectivity index is 2.00. The zero-order valence-electron chi connectivity index (χ0n) is 13.6. The van der Waals surface area contributed by atoms with E-state index in [-0.39, 0.29) is 0 Å². The summed E-state index contributed by atoms with van der Waals surface area (Å²) in [5, 5.41) is 3.49. The fourth-order valence-corrected chi connectivity index (χ4v) is 4.13. The molecule has 1 rings (SSSR count). The number of unbranched alkanes of at least 4 members (excludes halogenated alkanes) is 1. The van der Waals surface area contributed by atoms with Gasteiger partial charge >= 0.3 is 8.80 Å². The SMILES string of the molecule is CO[Si](CCCCNCCCc1ccccc1)(OC)OC. The van der Waals surface area contributed by atoms with Crippen LogP contribution >= 0.6 is 0 Å². The molecule has 0 saturated heterocycles. The van der Waals surface area contributed by atoms with Crippen LogP contribution < -0.4 is 5.32 Å². The molecule has 0 saturated carbocycles. The maximum Gasteiger partial charge on any atom is 0.500 e. The number of hydrogen-bond donors (Lipinski definition) is 1. The summed E-state index contributed by atoms with van der Waals surface area (Å²) >= 11 is 0. The van der Waals surface area contributed by atoms with E-state index < -0.39 is 8.80 Å². The zero-order chi connectivity index (χ0) is 15.4. The summed E-state index contributed by atoms with van der Waals surface area (Å²) in [4.78, 5) is 0. The second-order valence-electron chi connectivity index (χ2n) is 5.09. The Morgan fingerprint density at radius 3 is 2.10 bits per heavy atom. The average molecular weight is 311 g/mol. The third-order valence-corrected chi connectivity index (χ3v) is 6.51. The lowest BCUT2D eigenvalue weighted by atomic mass is 10.1. The van der Waals surface area contributed by atoms with Gasteiger partial charge in [0.1, 0.15) is 0 Å². The summed E-state index contributed by atoms with van der Waals surface area (Å²) < 4.78 is 16.2. The van der Waals surface area contributed by atoms with Gasteiger partial charge in [0.15, 0.2) is 0 Å². The Morgan fingerprint density at radius 1 is 0.857 bits per heavy atom. The largest absolute Gasteiger partial charge is 0.500 e. The van der Waals surface area contributed by atoms with Gasteiger partial charge < -0.3 is 18.6 Å². The smallest absolute Gasteiger partial charge is 0.377 e. The molecule has 0 bridgehead atoms. The van der Waals surface area contributed by atoms with Crippen LogP contribution in [-0.2, 0) is 19.7 Å². The predicted molar refractivity (Wildman–Crippen MR) is 88.5 cm³/mol. The van der Waals surface area contributed by atoms with Crippen molar-refractivity contribution in [3.8, 4) is 0 Å². The minimum Gasteiger partial charge on any atom is -0.377 e. The lowest BCUT2D eigenvalue weighted by molar-refractivity contribution is 0.123. The number of nitrogens with one attached hydrogen (secondary N) is 1. The Labute approximate surface area is 130 Å². The molecule has 0 unspecified atom stereocenters. The van der Waals surface area contributed by atoms with Crippen LogP contribution in [0.4, 0.5) is 0 Å². The van der Waals surface area contributed by atoms with Gasteiger partial charge in [-0.05, 0) is 44.3 Å². The molecule has 1 aromatic rings. The number of hydrogen-bond acceptors (Lipinski definition) is 4. The standard InChI is InChI=1S/C16H29NO3Si/c1-18-21(19-2,20-3)15-8-7-13-17-14-9-12-16-10-5-4-6-11-16/h4-6,10-11,17H,7-9,12-15H2,1-3H3. The molecule has 0 amide bonds. The summed E-state index contributed by atoms with van der Waals surface area (Å²) in [7, 11) is 2.64. The number of rotatable bonds is 12. The van der Waals surface area contributed by atoms with E-state index in [9.17, 15) is 0 Å². The first-order valence-corrected chi connectivity index (χ1v) is 9.59. The van der Waals surface area contributed by atoms with Crippen molar-refractivity contribution in [2.75, 3.05) is 34.4 Å². The molecule has 120 valence electrons. The quantitative estimate of drug-likeness (QED) is 0.476. The molecule has 0 radical (unpaired) electrons. The Bertz CT molecular complexity index is 350. The second kappa shape index (κ2) is 10.9. The fraction of sp³-hybridized carbons (Fsp3) is 0.625. The van der Waals surface area contributed by atoms with Crippen LogP contribution in [0.5, 0.6) is 0 Å². The fourth-order valence-electron chi connectivity index (χ4n) is 2.33. The molecule has 1 N–H and O–H groups in total. The van der Waals surface area contributed by atoms with Gasteiger partial charge in [0.25, 0.3) is 0 Å². The lowest BCUT2D eigenvalue weighted by Crippen LogP contribution is -2.42. The summed E-state index contributed by atoms with van der Waals surface area (Å²) in [6, 6.07) is 11.5. The highest BCUT2D eigenvalue weighted by Crippen LogP contribution is 2.15. The van der Waals surface area contributed by atoms with Gasteiger partial charge in [-0.1, -0.05) is 30.3 Å². The Morgan fingerprint density at radius 2 is 1.48 bits per heavy atom. The predicted octanol–water partition coefficient (Wildman–Crippen LogP) is 2.87. The first-order chi connectivity index (χ1) is 10.3. The van der Waals surface area contributed by atoms with Crippen LogP contribution in [0.1, 0.15) is 24.8 Å². The molecule has 0 aliphatic rings. The van der Waals surface area contributed by atoms with E-state index in [2.05, 4.69) is 35.6 Å². The molecule has 1 aromatic carbocycles. The van der Waals surface area contributed by atoms with Crippen molar-refractivity contribution < 1.29 is 13.3 Å². The molecule has 0 heterocycles. The zero-order valence-corrected chi connectivity index (χ0v) is 14.6. The van der Waals surface area contributed by atoms with Crippen molar-refractivity contribution in [3.05, 3.63) is 35.9 Å². The van der Waals surface area contributed by atoms with E-state index in [1.165, 1.54) is 12.0 Å². The summed E-state index contributed by atoms with van der Waals surface area (Å²) in [5.41, 5.74) is 1.41. The van der Waals surface area contributed by atoms with Crippen LogP contribution in [0.15, 0.2) is 30.3 Å². The summed E-state index contributed by atoms with van der Waals surface area (Å²) in [6.07, 6.45) is 4.50. The molecule has 0 aromatic heterocycles. The summed E-state index contributed by atoms with van der Waals surface area (Å²) in [6.45, 7) is 2.10. The van der Waals surface area contributed by atoms with Gasteiger partial charge in [0, 0.05) is 27.4 Å². The number of benzene rings is 1. The van der Waals surface area contributed by atoms with E-state index in [0.717, 1.165) is 38.4 Å². The monoisotopic (exact) mass is 311 g/mol. The van der Waals surface area contributed by atoms with Crippen LogP contribution in [-0.4, -0.2) is 43.2 Å². The highest BCUT2D eigenvalue weighted by atomic mass is 28.4. The normalized spacial score (nSPS) is 11.8. The molecule has 4 nitrogen and oxygen atoms in total. The van der Waals surface area contributed by atoms with Crippen molar-refractivity contribution in [1.29, 1.82) is 0 Å². The highest BCUT2D eigenvalue weighted by Gasteiger charge is 2.36. The maximum absolute atomic E-state index is 5.40. The minimum absolute atomic E-state index is 0.877. The van der Waals surface area contributed by atoms with Crippen molar-refractivity contribution >= 4 is 8.80 Å². The average Bonchev–Trinajstić information content (AvgIpc) is 2.55. The van der Waals surface area contributed by atoms with Gasteiger partial charge in [-0.25, -0.2) is 0 Å². The van der Waals surface area contributed by atoms with Crippen molar-refractivity contribution in [1.82, 2.24) is 5.32 Å². The Hall–Kier alpha value is -0.723. The van der Waals surface area contributed by atoms with E-state index in [1.807, 2.05) is 0 Å². The third-order valence-electron chi connectivity index (χ3n) is 3.68. The van der Waals surface area contributed by atoms with Crippen LogP contribution in [0.2, 0.25) is 6.04 Å². The highest BCUT2D eigenvalue weighted by molar-refractivity contribution is 6.60. The van der Waals surface area contributed by atoms with Crippen molar-refractivity contribution in [2.24, 2.45) is 0 Å². The van der Waals surface area contributed by atoms with Crippen molar-refractivity contribution in [3.63, 3.8) is 0 Å². The van der Waals surface area contributed by atoms with Gasteiger partial charge in [0.05, 0.1) is 0 Å². The molecule has 5 heteroatoms. The van der Waals surface area contributed by atoms with E-state index in [4.69, 9.17) is 13.3 Å². The van der Waals surface area contributed by atoms with Gasteiger partial charge in [0.2, 0.25) is 0 Å². The van der Waals surface area contributed by atoms with Gasteiger partial charge in [-0.15, -0.1) is 0 Å². The minimum atomic E-state index is -2.36. The molecule has 0 atom stereocenters. The first kappa shape index (κ1) is 18.3. The molecule has 0 fully saturated rings. The van der Waals surface area contributed by atoms with E-state index in [1.54, 1.807) is 21.3 Å². The molecular weight excluding hydrogens is 282 g/mol. The van der Waals surface area contributed by atoms with E-state index >= 15 is 0 Å². The third kappa shape index (κ3) is 7.20. The van der Waals surface area contributed by atoms with Gasteiger partial charge in [-0.2, -0.15) is 0 Å². The molecule has 0 aliphatic heterocycles. The maximum atomic E-state index is 5.40. The van der Waals surface area contributed by atoms with Gasteiger partial charge in [-0.3, -0.25) is 0 Å². The second-order valence-corrected chi connectivity index (χ2v) is 8.18. The lowest BCUT2D eigenvalue weighted by Gasteiger charge is -2.24. The molecule has 0 aliphatic carbocycles. The molecule has 0 spiro atoms. The number of aryl methyl sites for hydroxylation is 1. The van der Waals surface area contributed by atoms with Crippen LogP contribution in [0.25, 0.3) is 0 Å². The molecule has 21 heavy (non-hydrogen) atoms. The Kier molecular flexibility index (Phi) is 9.53. The topological polar surface area (TPSA) is 39.7 Å². The van der Waals surface area contributed by atoms with Crippen molar-refractivity contribution in [2.45, 2.75) is 31.7 Å². The van der Waals surface area contributed by atoms with E-state index in [0.29, 0.717) is 0 Å². The van der Waals surface area contributed by atoms with Crippen LogP contribution in [0, 0.1) is 0 Å². The van der Waals surface area contributed by atoms with Crippen LogP contribution in [0.3, 0.4) is 0 Å².